The molecule has 1 aromatic rings. The summed E-state index contributed by atoms with van der Waals surface area (Å²) in [5, 5.41) is 0. The third-order valence-electron chi connectivity index (χ3n) is 6.99. The standard InChI is InChI=1S/C26H38O/c1-3-5-6-21-7-11-23(12-8-21)25-15-17-26(18-16-25)24-13-9-22(10-14-24)20-27-19-4-2/h3-5,9-10,13-14,21,23,25-26H,2,6-8,11-12,15-20H2,1H3. The van der Waals surface area contributed by atoms with E-state index in [9.17, 15) is 0 Å². The van der Waals surface area contributed by atoms with Crippen LogP contribution in [0.25, 0.3) is 0 Å². The van der Waals surface area contributed by atoms with Crippen molar-refractivity contribution >= 4 is 0 Å². The van der Waals surface area contributed by atoms with Gasteiger partial charge >= 0.3 is 0 Å². The Morgan fingerprint density at radius 2 is 1.56 bits per heavy atom. The lowest BCUT2D eigenvalue weighted by Crippen LogP contribution is -2.25. The van der Waals surface area contributed by atoms with Crippen LogP contribution in [0.1, 0.15) is 81.8 Å². The average Bonchev–Trinajstić information content (AvgIpc) is 2.73. The molecule has 0 saturated heterocycles. The van der Waals surface area contributed by atoms with E-state index in [4.69, 9.17) is 4.74 Å². The molecule has 0 aromatic heterocycles. The van der Waals surface area contributed by atoms with E-state index in [0.29, 0.717) is 13.2 Å². The summed E-state index contributed by atoms with van der Waals surface area (Å²) in [7, 11) is 0. The summed E-state index contributed by atoms with van der Waals surface area (Å²) in [5.41, 5.74) is 2.81. The van der Waals surface area contributed by atoms with Crippen LogP contribution in [0.2, 0.25) is 0 Å². The maximum Gasteiger partial charge on any atom is 0.0721 e. The van der Waals surface area contributed by atoms with Gasteiger partial charge in [-0.15, -0.1) is 6.58 Å². The summed E-state index contributed by atoms with van der Waals surface area (Å²) in [4.78, 5) is 0. The highest BCUT2D eigenvalue weighted by Gasteiger charge is 2.30. The second kappa shape index (κ2) is 10.9. The maximum atomic E-state index is 5.54. The second-order valence-corrected chi connectivity index (χ2v) is 8.74. The van der Waals surface area contributed by atoms with Crippen molar-refractivity contribution in [2.75, 3.05) is 6.61 Å². The zero-order valence-corrected chi connectivity index (χ0v) is 17.2. The molecule has 1 aromatic carbocycles. The van der Waals surface area contributed by atoms with Gasteiger partial charge in [-0.2, -0.15) is 0 Å². The van der Waals surface area contributed by atoms with Crippen LogP contribution in [0, 0.1) is 17.8 Å². The van der Waals surface area contributed by atoms with E-state index in [1.165, 1.54) is 68.9 Å². The summed E-state index contributed by atoms with van der Waals surface area (Å²) in [5.74, 6) is 3.74. The molecular weight excluding hydrogens is 328 g/mol. The fourth-order valence-electron chi connectivity index (χ4n) is 5.29. The number of allylic oxidation sites excluding steroid dienone is 2. The predicted molar refractivity (Wildman–Crippen MR) is 116 cm³/mol. The molecular formula is C26H38O. The Hall–Kier alpha value is -1.34. The van der Waals surface area contributed by atoms with Crippen molar-refractivity contribution in [3.8, 4) is 0 Å². The van der Waals surface area contributed by atoms with Crippen molar-refractivity contribution in [2.45, 2.75) is 77.2 Å². The summed E-state index contributed by atoms with van der Waals surface area (Å²) in [6, 6.07) is 9.17. The molecule has 2 saturated carbocycles. The first-order valence-electron chi connectivity index (χ1n) is 11.2. The van der Waals surface area contributed by atoms with Crippen molar-refractivity contribution in [1.29, 1.82) is 0 Å². The molecule has 0 aliphatic heterocycles. The van der Waals surface area contributed by atoms with Crippen LogP contribution in [-0.4, -0.2) is 6.61 Å². The third-order valence-corrected chi connectivity index (χ3v) is 6.99. The number of ether oxygens (including phenoxy) is 1. The molecule has 2 aliphatic carbocycles. The van der Waals surface area contributed by atoms with Crippen molar-refractivity contribution in [1.82, 2.24) is 0 Å². The predicted octanol–water partition coefficient (Wildman–Crippen LogP) is 7.44. The first-order valence-corrected chi connectivity index (χ1v) is 11.2. The van der Waals surface area contributed by atoms with Gasteiger partial charge in [0.05, 0.1) is 13.2 Å². The van der Waals surface area contributed by atoms with Crippen LogP contribution >= 0.6 is 0 Å². The topological polar surface area (TPSA) is 9.23 Å². The molecule has 1 nitrogen and oxygen atoms in total. The van der Waals surface area contributed by atoms with Gasteiger partial charge in [0.25, 0.3) is 0 Å². The molecule has 0 unspecified atom stereocenters. The van der Waals surface area contributed by atoms with Crippen molar-refractivity contribution < 1.29 is 4.74 Å². The van der Waals surface area contributed by atoms with Crippen LogP contribution < -0.4 is 0 Å². The summed E-state index contributed by atoms with van der Waals surface area (Å²) in [6.45, 7) is 7.16. The van der Waals surface area contributed by atoms with Crippen LogP contribution in [0.5, 0.6) is 0 Å². The zero-order chi connectivity index (χ0) is 18.9. The first kappa shape index (κ1) is 20.4. The largest absolute Gasteiger partial charge is 0.373 e. The third kappa shape index (κ3) is 6.07. The van der Waals surface area contributed by atoms with Crippen LogP contribution in [0.15, 0.2) is 49.1 Å². The molecule has 0 N–H and O–H groups in total. The molecule has 148 valence electrons. The molecule has 0 bridgehead atoms. The lowest BCUT2D eigenvalue weighted by atomic mass is 9.68. The molecule has 27 heavy (non-hydrogen) atoms. The van der Waals surface area contributed by atoms with E-state index in [-0.39, 0.29) is 0 Å². The maximum absolute atomic E-state index is 5.54. The highest BCUT2D eigenvalue weighted by molar-refractivity contribution is 5.25. The van der Waals surface area contributed by atoms with Crippen molar-refractivity contribution in [3.63, 3.8) is 0 Å². The number of rotatable bonds is 8. The summed E-state index contributed by atoms with van der Waals surface area (Å²) < 4.78 is 5.54. The van der Waals surface area contributed by atoms with Gasteiger partial charge in [0.2, 0.25) is 0 Å². The lowest BCUT2D eigenvalue weighted by molar-refractivity contribution is 0.149. The van der Waals surface area contributed by atoms with E-state index in [1.54, 1.807) is 0 Å². The van der Waals surface area contributed by atoms with Gasteiger partial charge in [-0.1, -0.05) is 42.5 Å². The number of benzene rings is 1. The number of hydrogen-bond donors (Lipinski definition) is 0. The Balaban J connectivity index is 1.42. The molecule has 0 radical (unpaired) electrons. The summed E-state index contributed by atoms with van der Waals surface area (Å²) >= 11 is 0. The molecule has 0 spiro atoms. The number of hydrogen-bond acceptors (Lipinski definition) is 1. The van der Waals surface area contributed by atoms with E-state index in [1.807, 2.05) is 6.08 Å². The molecule has 0 amide bonds. The fraction of sp³-hybridized carbons (Fsp3) is 0.615. The van der Waals surface area contributed by atoms with Gasteiger partial charge in [-0.05, 0) is 99.5 Å². The zero-order valence-electron chi connectivity index (χ0n) is 17.2. The summed E-state index contributed by atoms with van der Waals surface area (Å²) in [6.07, 6.45) is 19.2. The van der Waals surface area contributed by atoms with Crippen LogP contribution in [0.4, 0.5) is 0 Å². The Bertz CT molecular complexity index is 569. The quantitative estimate of drug-likeness (QED) is 0.343. The van der Waals surface area contributed by atoms with E-state index in [0.717, 1.165) is 23.7 Å². The molecule has 3 rings (SSSR count). The lowest BCUT2D eigenvalue weighted by Gasteiger charge is -2.38. The van der Waals surface area contributed by atoms with Gasteiger partial charge in [0, 0.05) is 0 Å². The Morgan fingerprint density at radius 1 is 0.926 bits per heavy atom. The first-order chi connectivity index (χ1) is 13.3. The van der Waals surface area contributed by atoms with Gasteiger partial charge in [-0.3, -0.25) is 0 Å². The Morgan fingerprint density at radius 3 is 2.15 bits per heavy atom. The van der Waals surface area contributed by atoms with Crippen LogP contribution in [0.3, 0.4) is 0 Å². The second-order valence-electron chi connectivity index (χ2n) is 8.74. The molecule has 0 heterocycles. The Kier molecular flexibility index (Phi) is 8.20. The van der Waals surface area contributed by atoms with Crippen molar-refractivity contribution in [3.05, 3.63) is 60.2 Å². The highest BCUT2D eigenvalue weighted by atomic mass is 16.5. The van der Waals surface area contributed by atoms with E-state index >= 15 is 0 Å². The smallest absolute Gasteiger partial charge is 0.0721 e. The normalized spacial score (nSPS) is 29.1. The van der Waals surface area contributed by atoms with Crippen molar-refractivity contribution in [2.24, 2.45) is 17.8 Å². The molecule has 0 atom stereocenters. The molecule has 1 heteroatoms. The minimum absolute atomic E-state index is 0.628. The van der Waals surface area contributed by atoms with Crippen LogP contribution in [-0.2, 0) is 11.3 Å². The molecule has 2 aliphatic rings. The fourth-order valence-corrected chi connectivity index (χ4v) is 5.29. The van der Waals surface area contributed by atoms with Gasteiger partial charge < -0.3 is 4.74 Å². The van der Waals surface area contributed by atoms with E-state index in [2.05, 4.69) is 49.9 Å². The molecule has 2 fully saturated rings. The SMILES string of the molecule is C=CCOCc1ccc(C2CCC(C3CCC(CC=CC)CC3)CC2)cc1. The van der Waals surface area contributed by atoms with Gasteiger partial charge in [-0.25, -0.2) is 0 Å². The highest BCUT2D eigenvalue weighted by Crippen LogP contribution is 2.44. The monoisotopic (exact) mass is 366 g/mol. The van der Waals surface area contributed by atoms with Gasteiger partial charge in [0.1, 0.15) is 0 Å². The van der Waals surface area contributed by atoms with Gasteiger partial charge in [0.15, 0.2) is 0 Å². The average molecular weight is 367 g/mol. The van der Waals surface area contributed by atoms with E-state index < -0.39 is 0 Å². The minimum Gasteiger partial charge on any atom is -0.373 e. The minimum atomic E-state index is 0.628. The Labute approximate surface area is 166 Å².